The number of carbonyl (C=O) groups is 3. The Kier molecular flexibility index (Phi) is 8.18. The lowest BCUT2D eigenvalue weighted by Gasteiger charge is -2.25. The van der Waals surface area contributed by atoms with Crippen molar-refractivity contribution >= 4 is 17.7 Å². The van der Waals surface area contributed by atoms with E-state index in [1.165, 1.54) is 11.8 Å². The Labute approximate surface area is 201 Å². The molecule has 190 valence electrons. The summed E-state index contributed by atoms with van der Waals surface area (Å²) in [5, 5.41) is 2.61. The summed E-state index contributed by atoms with van der Waals surface area (Å²) >= 11 is 0. The number of pyridine rings is 1. The van der Waals surface area contributed by atoms with E-state index in [-0.39, 0.29) is 30.5 Å². The second-order valence-electron chi connectivity index (χ2n) is 8.93. The molecule has 0 unspecified atom stereocenters. The Morgan fingerprint density at radius 1 is 1.31 bits per heavy atom. The van der Waals surface area contributed by atoms with Gasteiger partial charge in [0.15, 0.2) is 0 Å². The second kappa shape index (κ2) is 10.9. The number of likely N-dealkylation sites (N-methyl/N-ethyl adjacent to an activating group) is 1. The first kappa shape index (κ1) is 26.2. The molecule has 3 heterocycles. The van der Waals surface area contributed by atoms with Crippen LogP contribution in [0.5, 0.6) is 0 Å². The number of halogens is 3. The minimum atomic E-state index is -4.80. The van der Waals surface area contributed by atoms with Crippen LogP contribution in [0.1, 0.15) is 53.1 Å². The smallest absolute Gasteiger partial charge is 0.450 e. The minimum absolute atomic E-state index is 0.0204. The van der Waals surface area contributed by atoms with Crippen LogP contribution in [0.4, 0.5) is 13.2 Å². The third-order valence-electron chi connectivity index (χ3n) is 6.01. The molecule has 35 heavy (non-hydrogen) atoms. The summed E-state index contributed by atoms with van der Waals surface area (Å²) in [5.41, 5.74) is 0.277. The maximum absolute atomic E-state index is 13.2. The molecular formula is C24H29F3N4O4. The monoisotopic (exact) mass is 494 g/mol. The molecule has 1 aliphatic rings. The Bertz CT molecular complexity index is 1050. The van der Waals surface area contributed by atoms with Gasteiger partial charge < -0.3 is 19.5 Å². The zero-order valence-electron chi connectivity index (χ0n) is 19.9. The number of hydrogen-bond donors (Lipinski definition) is 1. The van der Waals surface area contributed by atoms with Crippen LogP contribution in [-0.4, -0.2) is 59.2 Å². The highest BCUT2D eigenvalue weighted by Crippen LogP contribution is 2.34. The largest absolute Gasteiger partial charge is 0.456 e. The lowest BCUT2D eigenvalue weighted by molar-refractivity contribution is -0.153. The first-order chi connectivity index (χ1) is 16.5. The predicted octanol–water partition coefficient (Wildman–Crippen LogP) is 3.41. The Morgan fingerprint density at radius 2 is 2.06 bits per heavy atom. The number of furan rings is 1. The summed E-state index contributed by atoms with van der Waals surface area (Å²) in [7, 11) is 3.22. The van der Waals surface area contributed by atoms with Gasteiger partial charge in [0.25, 0.3) is 5.91 Å². The minimum Gasteiger partial charge on any atom is -0.456 e. The number of carbonyl (C=O) groups excluding carboxylic acids is 3. The number of nitrogens with zero attached hydrogens (tertiary/aromatic N) is 3. The van der Waals surface area contributed by atoms with Crippen molar-refractivity contribution in [2.24, 2.45) is 5.92 Å². The van der Waals surface area contributed by atoms with Crippen LogP contribution >= 0.6 is 0 Å². The van der Waals surface area contributed by atoms with Gasteiger partial charge in [0.2, 0.25) is 17.6 Å². The van der Waals surface area contributed by atoms with Gasteiger partial charge in [-0.15, -0.1) is 0 Å². The Morgan fingerprint density at radius 3 is 2.71 bits per heavy atom. The first-order valence-electron chi connectivity index (χ1n) is 11.3. The van der Waals surface area contributed by atoms with E-state index in [9.17, 15) is 27.6 Å². The molecule has 2 aromatic heterocycles. The fraction of sp³-hybridized carbons (Fsp3) is 0.500. The molecule has 11 heteroatoms. The topological polar surface area (TPSA) is 95.8 Å². The van der Waals surface area contributed by atoms with Crippen LogP contribution in [0, 0.1) is 12.8 Å². The van der Waals surface area contributed by atoms with Gasteiger partial charge >= 0.3 is 6.18 Å². The fourth-order valence-electron chi connectivity index (χ4n) is 4.24. The molecule has 0 aromatic carbocycles. The molecule has 0 spiro atoms. The molecule has 2 aromatic rings. The highest BCUT2D eigenvalue weighted by atomic mass is 19.4. The molecule has 0 aliphatic carbocycles. The normalized spacial score (nSPS) is 19.5. The molecule has 0 bridgehead atoms. The number of hydrogen-bond acceptors (Lipinski definition) is 5. The van der Waals surface area contributed by atoms with E-state index >= 15 is 0 Å². The number of aromatic nitrogens is 1. The van der Waals surface area contributed by atoms with Gasteiger partial charge in [0.05, 0.1) is 5.56 Å². The predicted molar refractivity (Wildman–Crippen MR) is 120 cm³/mol. The SMILES string of the molecule is Cc1cc(C(=O)N[C@@H]2CCC[C@@H](C(=O)N(C)Cc3cccnc3)CC(=O)N(C)C2)c(C(F)(F)F)o1. The lowest BCUT2D eigenvalue weighted by atomic mass is 9.95. The van der Waals surface area contributed by atoms with Crippen molar-refractivity contribution in [1.29, 1.82) is 0 Å². The van der Waals surface area contributed by atoms with E-state index in [0.717, 1.165) is 11.6 Å². The lowest BCUT2D eigenvalue weighted by Crippen LogP contribution is -2.44. The first-order valence-corrected chi connectivity index (χ1v) is 11.3. The van der Waals surface area contributed by atoms with Crippen molar-refractivity contribution in [2.45, 2.75) is 51.4 Å². The summed E-state index contributed by atoms with van der Waals surface area (Å²) in [6.07, 6.45) is -0.137. The second-order valence-corrected chi connectivity index (χ2v) is 8.93. The third-order valence-corrected chi connectivity index (χ3v) is 6.01. The van der Waals surface area contributed by atoms with Crippen molar-refractivity contribution < 1.29 is 32.0 Å². The van der Waals surface area contributed by atoms with Gasteiger partial charge in [0, 0.05) is 58.0 Å². The van der Waals surface area contributed by atoms with Crippen LogP contribution in [-0.2, 0) is 22.3 Å². The molecule has 1 fully saturated rings. The number of aryl methyl sites for hydroxylation is 1. The zero-order chi connectivity index (χ0) is 25.8. The Balaban J connectivity index is 1.67. The van der Waals surface area contributed by atoms with Crippen molar-refractivity contribution in [3.05, 3.63) is 53.2 Å². The fourth-order valence-corrected chi connectivity index (χ4v) is 4.24. The molecule has 1 aliphatic heterocycles. The highest BCUT2D eigenvalue weighted by Gasteiger charge is 2.40. The van der Waals surface area contributed by atoms with Crippen LogP contribution in [0.15, 0.2) is 35.0 Å². The standard InChI is InChI=1S/C24H29F3N4O4/c1-15-10-19(21(35-15)24(25,26)27)22(33)29-18-8-4-7-17(11-20(32)30(2)14-18)23(34)31(3)13-16-6-5-9-28-12-16/h5-6,9-10,12,17-18H,4,7-8,11,13-14H2,1-3H3,(H,29,33)/t17-,18-/m1/s1. The van der Waals surface area contributed by atoms with Gasteiger partial charge in [-0.2, -0.15) is 13.2 Å². The summed E-state index contributed by atoms with van der Waals surface area (Å²) in [6, 6.07) is 4.12. The van der Waals surface area contributed by atoms with Gasteiger partial charge in [0.1, 0.15) is 5.76 Å². The molecule has 1 N–H and O–H groups in total. The van der Waals surface area contributed by atoms with Crippen molar-refractivity contribution in [2.75, 3.05) is 20.6 Å². The van der Waals surface area contributed by atoms with Crippen LogP contribution in [0.2, 0.25) is 0 Å². The van der Waals surface area contributed by atoms with Gasteiger partial charge in [-0.3, -0.25) is 19.4 Å². The van der Waals surface area contributed by atoms with Gasteiger partial charge in [-0.05, 0) is 37.5 Å². The van der Waals surface area contributed by atoms with Crippen molar-refractivity contribution in [1.82, 2.24) is 20.1 Å². The molecule has 3 amide bonds. The molecular weight excluding hydrogens is 465 g/mol. The summed E-state index contributed by atoms with van der Waals surface area (Å²) in [5.74, 6) is -3.25. The number of alkyl halides is 3. The van der Waals surface area contributed by atoms with Gasteiger partial charge in [-0.1, -0.05) is 12.5 Å². The highest BCUT2D eigenvalue weighted by molar-refractivity contribution is 5.95. The molecule has 1 saturated heterocycles. The van der Waals surface area contributed by atoms with Crippen LogP contribution in [0.25, 0.3) is 0 Å². The van der Waals surface area contributed by atoms with E-state index in [0.29, 0.717) is 25.8 Å². The van der Waals surface area contributed by atoms with Crippen molar-refractivity contribution in [3.8, 4) is 0 Å². The summed E-state index contributed by atoms with van der Waals surface area (Å²) in [6.45, 7) is 1.81. The molecule has 0 radical (unpaired) electrons. The van der Waals surface area contributed by atoms with E-state index in [1.807, 2.05) is 6.07 Å². The Hall–Kier alpha value is -3.37. The van der Waals surface area contributed by atoms with E-state index in [1.54, 1.807) is 37.5 Å². The molecule has 0 saturated carbocycles. The molecule has 2 atom stereocenters. The van der Waals surface area contributed by atoms with Crippen molar-refractivity contribution in [3.63, 3.8) is 0 Å². The molecule has 8 nitrogen and oxygen atoms in total. The van der Waals surface area contributed by atoms with E-state index < -0.39 is 35.4 Å². The van der Waals surface area contributed by atoms with E-state index in [2.05, 4.69) is 10.3 Å². The number of amides is 3. The van der Waals surface area contributed by atoms with Gasteiger partial charge in [-0.25, -0.2) is 0 Å². The average Bonchev–Trinajstić information content (AvgIpc) is 3.22. The van der Waals surface area contributed by atoms with Crippen LogP contribution in [0.3, 0.4) is 0 Å². The average molecular weight is 495 g/mol. The quantitative estimate of drug-likeness (QED) is 0.688. The number of nitrogens with one attached hydrogen (secondary N) is 1. The van der Waals surface area contributed by atoms with E-state index in [4.69, 9.17) is 4.42 Å². The van der Waals surface area contributed by atoms with Crippen LogP contribution < -0.4 is 5.32 Å². The summed E-state index contributed by atoms with van der Waals surface area (Å²) < 4.78 is 44.4. The zero-order valence-corrected chi connectivity index (χ0v) is 19.9. The summed E-state index contributed by atoms with van der Waals surface area (Å²) in [4.78, 5) is 45.5. The maximum atomic E-state index is 13.2. The number of rotatable bonds is 5. The molecule has 3 rings (SSSR count). The maximum Gasteiger partial charge on any atom is 0.450 e. The third kappa shape index (κ3) is 6.83.